The number of hydrogen-bond acceptors (Lipinski definition) is 0. The van der Waals surface area contributed by atoms with E-state index in [2.05, 4.69) is 68.5 Å². The Morgan fingerprint density at radius 1 is 1.05 bits per heavy atom. The van der Waals surface area contributed by atoms with Crippen molar-refractivity contribution in [2.75, 3.05) is 0 Å². The van der Waals surface area contributed by atoms with E-state index in [1.165, 1.54) is 38.6 Å². The minimum atomic E-state index is 0. The molecule has 1 aromatic carbocycles. The summed E-state index contributed by atoms with van der Waals surface area (Å²) in [6.07, 6.45) is 18.3. The van der Waals surface area contributed by atoms with E-state index in [0.29, 0.717) is 0 Å². The number of benzene rings is 1. The van der Waals surface area contributed by atoms with Crippen LogP contribution in [0.4, 0.5) is 0 Å². The zero-order valence-corrected chi connectivity index (χ0v) is 16.9. The normalized spacial score (nSPS) is 12.8. The summed E-state index contributed by atoms with van der Waals surface area (Å²) in [4.78, 5) is 0. The molecule has 0 N–H and O–H groups in total. The molecule has 22 heavy (non-hydrogen) atoms. The number of allylic oxidation sites excluding steroid dienone is 8. The van der Waals surface area contributed by atoms with Gasteiger partial charge in [-0.2, -0.15) is 12.2 Å². The van der Waals surface area contributed by atoms with Crippen LogP contribution in [-0.2, 0) is 24.2 Å². The average Bonchev–Trinajstić information content (AvgIpc) is 3.16. The summed E-state index contributed by atoms with van der Waals surface area (Å²) in [6.45, 7) is 4.22. The van der Waals surface area contributed by atoms with E-state index >= 15 is 0 Å². The first-order valence-electron chi connectivity index (χ1n) is 6.76. The third-order valence-corrected chi connectivity index (χ3v) is 3.37. The Labute approximate surface area is 162 Å². The maximum Gasteiger partial charge on any atom is -0.109 e. The SMILES string of the molecule is CC1=[C-]CC=C1.C[C](=[Zr+2])c1ccccc1.[C-]1=CC=CC1.[Cl-].[Cl-]. The molecule has 0 unspecified atom stereocenters. The number of rotatable bonds is 1. The zero-order valence-electron chi connectivity index (χ0n) is 12.9. The van der Waals surface area contributed by atoms with Crippen LogP contribution < -0.4 is 24.8 Å². The Kier molecular flexibility index (Phi) is 16.7. The van der Waals surface area contributed by atoms with Crippen LogP contribution in [0.15, 0.2) is 66.3 Å². The van der Waals surface area contributed by atoms with Gasteiger partial charge in [-0.05, 0) is 0 Å². The van der Waals surface area contributed by atoms with Crippen LogP contribution in [0.25, 0.3) is 0 Å². The Bertz CT molecular complexity index is 513. The predicted molar refractivity (Wildman–Crippen MR) is 84.0 cm³/mol. The maximum atomic E-state index is 3.12. The topological polar surface area (TPSA) is 0 Å². The standard InChI is InChI=1S/C8H8.C6H7.C5H5.2ClH.Zr/c1-2-8-6-4-3-5-7-8;1-6-4-2-3-5-6;1-2-4-5-3-1;;;/h3-7H,1H3;2,4H,3H2,1H3;1-3H,4H2;2*1H;/q;2*-1;;;+2/p-2. The fraction of sp³-hybridized carbons (Fsp3) is 0.211. The van der Waals surface area contributed by atoms with Crippen LogP contribution in [0.1, 0.15) is 32.3 Å². The van der Waals surface area contributed by atoms with Crippen LogP contribution in [-0.4, -0.2) is 3.21 Å². The van der Waals surface area contributed by atoms with Gasteiger partial charge in [0.2, 0.25) is 0 Å². The summed E-state index contributed by atoms with van der Waals surface area (Å²) in [6, 6.07) is 10.5. The van der Waals surface area contributed by atoms with Gasteiger partial charge in [-0.1, -0.05) is 6.92 Å². The molecule has 0 atom stereocenters. The van der Waals surface area contributed by atoms with Crippen LogP contribution in [0, 0.1) is 12.2 Å². The van der Waals surface area contributed by atoms with Gasteiger partial charge in [-0.15, -0.1) is 12.8 Å². The van der Waals surface area contributed by atoms with Gasteiger partial charge in [-0.3, -0.25) is 12.2 Å². The molecule has 2 aliphatic carbocycles. The van der Waals surface area contributed by atoms with Crippen LogP contribution in [0.5, 0.6) is 0 Å². The van der Waals surface area contributed by atoms with Gasteiger partial charge in [0, 0.05) is 0 Å². The molecule has 0 bridgehead atoms. The minimum absolute atomic E-state index is 0. The van der Waals surface area contributed by atoms with E-state index in [0.717, 1.165) is 12.8 Å². The largest absolute Gasteiger partial charge is 1.00 e. The Hall–Kier alpha value is -0.487. The van der Waals surface area contributed by atoms with E-state index in [-0.39, 0.29) is 24.8 Å². The summed E-state index contributed by atoms with van der Waals surface area (Å²) in [5.74, 6) is 0. The second kappa shape index (κ2) is 15.4. The van der Waals surface area contributed by atoms with Crippen LogP contribution in [0.3, 0.4) is 0 Å². The van der Waals surface area contributed by atoms with Crippen molar-refractivity contribution in [3.8, 4) is 0 Å². The predicted octanol–water partition coefficient (Wildman–Crippen LogP) is -1.22. The van der Waals surface area contributed by atoms with E-state index < -0.39 is 0 Å². The number of hydrogen-bond donors (Lipinski definition) is 0. The van der Waals surface area contributed by atoms with Gasteiger partial charge in [0.1, 0.15) is 0 Å². The monoisotopic (exact) mass is 408 g/mol. The fourth-order valence-electron chi connectivity index (χ4n) is 1.54. The van der Waals surface area contributed by atoms with Crippen molar-refractivity contribution in [2.45, 2.75) is 26.7 Å². The van der Waals surface area contributed by atoms with Crippen molar-refractivity contribution in [2.24, 2.45) is 0 Å². The molecular formula is C19H20Cl2Zr-2. The Morgan fingerprint density at radius 2 is 1.73 bits per heavy atom. The molecule has 0 radical (unpaired) electrons. The zero-order chi connectivity index (χ0) is 14.6. The van der Waals surface area contributed by atoms with Gasteiger partial charge in [-0.25, -0.2) is 23.8 Å². The molecule has 0 fully saturated rings. The molecule has 0 nitrogen and oxygen atoms in total. The molecule has 116 valence electrons. The first-order chi connectivity index (χ1) is 9.70. The minimum Gasteiger partial charge on any atom is -1.00 e. The Balaban J connectivity index is 0. The van der Waals surface area contributed by atoms with Crippen molar-refractivity contribution in [1.29, 1.82) is 0 Å². The molecule has 3 rings (SSSR count). The second-order valence-electron chi connectivity index (χ2n) is 4.46. The molecule has 2 aliphatic rings. The second-order valence-corrected chi connectivity index (χ2v) is 6.30. The Morgan fingerprint density at radius 3 is 1.95 bits per heavy atom. The maximum absolute atomic E-state index is 3.12. The molecule has 0 saturated carbocycles. The average molecular weight is 410 g/mol. The first kappa shape index (κ1) is 23.8. The molecule has 0 saturated heterocycles. The molecule has 0 aromatic heterocycles. The molecule has 0 aliphatic heterocycles. The summed E-state index contributed by atoms with van der Waals surface area (Å²) >= 11 is 1.51. The summed E-state index contributed by atoms with van der Waals surface area (Å²) in [5, 5.41) is 0. The molecule has 3 heteroatoms. The molecule has 0 spiro atoms. The number of halogens is 2. The van der Waals surface area contributed by atoms with Crippen molar-refractivity contribution in [1.82, 2.24) is 0 Å². The quantitative estimate of drug-likeness (QED) is 0.510. The van der Waals surface area contributed by atoms with Crippen LogP contribution >= 0.6 is 0 Å². The van der Waals surface area contributed by atoms with E-state index in [1.54, 1.807) is 0 Å². The summed E-state index contributed by atoms with van der Waals surface area (Å²) in [5.41, 5.74) is 2.64. The third-order valence-electron chi connectivity index (χ3n) is 2.66. The van der Waals surface area contributed by atoms with E-state index in [9.17, 15) is 0 Å². The van der Waals surface area contributed by atoms with Crippen molar-refractivity contribution < 1.29 is 49.0 Å². The van der Waals surface area contributed by atoms with Crippen LogP contribution in [0.2, 0.25) is 0 Å². The molecule has 0 heterocycles. The molecular weight excluding hydrogens is 390 g/mol. The van der Waals surface area contributed by atoms with Gasteiger partial charge < -0.3 is 24.8 Å². The third kappa shape index (κ3) is 12.1. The van der Waals surface area contributed by atoms with Crippen molar-refractivity contribution in [3.05, 3.63) is 84.0 Å². The smallest absolute Gasteiger partial charge is 0.109 e. The summed E-state index contributed by atoms with van der Waals surface area (Å²) < 4.78 is 1.46. The summed E-state index contributed by atoms with van der Waals surface area (Å²) in [7, 11) is 0. The fourth-order valence-corrected chi connectivity index (χ4v) is 1.95. The van der Waals surface area contributed by atoms with Gasteiger partial charge in [0.05, 0.1) is 0 Å². The van der Waals surface area contributed by atoms with Gasteiger partial charge in [0.25, 0.3) is 0 Å². The van der Waals surface area contributed by atoms with Crippen molar-refractivity contribution in [3.63, 3.8) is 0 Å². The van der Waals surface area contributed by atoms with Crippen molar-refractivity contribution >= 4 is 3.21 Å². The van der Waals surface area contributed by atoms with E-state index in [4.69, 9.17) is 0 Å². The van der Waals surface area contributed by atoms with E-state index in [1.807, 2.05) is 18.2 Å². The molecule has 1 aromatic rings. The molecule has 0 amide bonds. The first-order valence-corrected chi connectivity index (χ1v) is 7.99. The van der Waals surface area contributed by atoms with Gasteiger partial charge in [0.15, 0.2) is 0 Å². The van der Waals surface area contributed by atoms with Gasteiger partial charge >= 0.3 is 70.3 Å².